The smallest absolute Gasteiger partial charge is 0.179 e. The molecule has 0 aromatic heterocycles. The van der Waals surface area contributed by atoms with Crippen LogP contribution in [-0.2, 0) is 9.59 Å². The van der Waals surface area contributed by atoms with Gasteiger partial charge in [-0.1, -0.05) is 91.8 Å². The van der Waals surface area contributed by atoms with Crippen LogP contribution in [0.25, 0.3) is 0 Å². The van der Waals surface area contributed by atoms with Gasteiger partial charge in [0.1, 0.15) is 11.8 Å². The molecule has 0 N–H and O–H groups in total. The van der Waals surface area contributed by atoms with Crippen LogP contribution in [0.15, 0.2) is 51.4 Å². The van der Waals surface area contributed by atoms with E-state index in [4.69, 9.17) is 15.0 Å². The summed E-state index contributed by atoms with van der Waals surface area (Å²) < 4.78 is 0. The molecule has 1 atom stereocenters. The average molecular weight is 514 g/mol. The Hall–Kier alpha value is -3.21. The Morgan fingerprint density at radius 2 is 1.11 bits per heavy atom. The molecule has 0 bridgehead atoms. The fourth-order valence-corrected chi connectivity index (χ4v) is 5.00. The molecule has 0 saturated heterocycles. The number of carbonyl (C=O) groups is 2. The third kappa shape index (κ3) is 6.25. The van der Waals surface area contributed by atoms with Crippen LogP contribution in [0.3, 0.4) is 0 Å². The summed E-state index contributed by atoms with van der Waals surface area (Å²) in [7, 11) is 0. The van der Waals surface area contributed by atoms with Crippen LogP contribution in [0.5, 0.6) is 0 Å². The second-order valence-electron chi connectivity index (χ2n) is 11.6. The minimum Gasteiger partial charge on any atom is -0.297 e. The zero-order valence-electron chi connectivity index (χ0n) is 24.7. The van der Waals surface area contributed by atoms with E-state index in [2.05, 4.69) is 91.8 Å². The first-order valence-electron chi connectivity index (χ1n) is 13.8. The van der Waals surface area contributed by atoms with E-state index in [9.17, 15) is 9.59 Å². The molecular weight excluding hydrogens is 470 g/mol. The van der Waals surface area contributed by atoms with Gasteiger partial charge in [-0.2, -0.15) is 0 Å². The van der Waals surface area contributed by atoms with Gasteiger partial charge in [-0.15, -0.1) is 0 Å². The predicted octanol–water partition coefficient (Wildman–Crippen LogP) is 8.42. The maximum absolute atomic E-state index is 12.8. The zero-order valence-corrected chi connectivity index (χ0v) is 24.7. The van der Waals surface area contributed by atoms with Crippen molar-refractivity contribution >= 4 is 40.1 Å². The molecular formula is C33H43N3O2. The molecule has 3 rings (SSSR count). The van der Waals surface area contributed by atoms with Crippen molar-refractivity contribution in [3.63, 3.8) is 0 Å². The van der Waals surface area contributed by atoms with Crippen molar-refractivity contribution < 1.29 is 9.59 Å². The topological polar surface area (TPSA) is 71.2 Å². The van der Waals surface area contributed by atoms with E-state index >= 15 is 0 Å². The first-order chi connectivity index (χ1) is 17.8. The zero-order chi connectivity index (χ0) is 28.3. The van der Waals surface area contributed by atoms with E-state index in [-0.39, 0.29) is 40.9 Å². The maximum atomic E-state index is 12.8. The van der Waals surface area contributed by atoms with Gasteiger partial charge in [0.2, 0.25) is 0 Å². The number of aliphatic imine (C=N–C) groups is 3. The summed E-state index contributed by atoms with van der Waals surface area (Å²) in [6.45, 7) is 20.2. The van der Waals surface area contributed by atoms with Crippen LogP contribution in [0.2, 0.25) is 0 Å². The summed E-state index contributed by atoms with van der Waals surface area (Å²) in [5, 5.41) is 0. The molecule has 0 saturated carbocycles. The van der Waals surface area contributed by atoms with Gasteiger partial charge in [-0.25, -0.2) is 0 Å². The minimum atomic E-state index is -0.794. The van der Waals surface area contributed by atoms with Crippen LogP contribution >= 0.6 is 0 Å². The molecule has 0 aliphatic carbocycles. The van der Waals surface area contributed by atoms with E-state index in [0.29, 0.717) is 17.8 Å². The number of benzene rings is 2. The van der Waals surface area contributed by atoms with Gasteiger partial charge in [0, 0.05) is 13.3 Å². The van der Waals surface area contributed by atoms with Crippen molar-refractivity contribution in [2.24, 2.45) is 15.0 Å². The number of ketones is 2. The lowest BCUT2D eigenvalue weighted by molar-refractivity contribution is -0.116. The third-order valence-corrected chi connectivity index (χ3v) is 7.10. The molecule has 202 valence electrons. The van der Waals surface area contributed by atoms with Gasteiger partial charge >= 0.3 is 0 Å². The molecule has 1 unspecified atom stereocenters. The Balaban J connectivity index is 2.33. The molecule has 2 aromatic carbocycles. The number of para-hydroxylation sites is 2. The lowest BCUT2D eigenvalue weighted by Gasteiger charge is -2.25. The third-order valence-electron chi connectivity index (χ3n) is 7.10. The number of rotatable bonds is 8. The van der Waals surface area contributed by atoms with E-state index < -0.39 is 6.04 Å². The Morgan fingerprint density at radius 3 is 1.45 bits per heavy atom. The molecule has 2 aromatic rings. The van der Waals surface area contributed by atoms with Crippen molar-refractivity contribution in [1.29, 1.82) is 0 Å². The molecule has 0 amide bonds. The van der Waals surface area contributed by atoms with Crippen LogP contribution in [-0.4, -0.2) is 34.7 Å². The molecule has 0 spiro atoms. The van der Waals surface area contributed by atoms with E-state index in [1.54, 1.807) is 0 Å². The fraction of sp³-hybridized carbons (Fsp3) is 0.485. The van der Waals surface area contributed by atoms with Gasteiger partial charge in [0.05, 0.1) is 22.8 Å². The summed E-state index contributed by atoms with van der Waals surface area (Å²) in [4.78, 5) is 40.6. The van der Waals surface area contributed by atoms with Gasteiger partial charge in [0.15, 0.2) is 11.6 Å². The molecule has 0 radical (unpaired) electrons. The van der Waals surface area contributed by atoms with Crippen LogP contribution in [0.4, 0.5) is 11.4 Å². The first-order valence-corrected chi connectivity index (χ1v) is 13.8. The predicted molar refractivity (Wildman–Crippen MR) is 161 cm³/mol. The largest absolute Gasteiger partial charge is 0.297 e. The first kappa shape index (κ1) is 29.3. The number of Topliss-reactive ketones (excluding diaryl/α,β-unsaturated/α-hetero) is 2. The average Bonchev–Trinajstić information content (AvgIpc) is 2.83. The lowest BCUT2D eigenvalue weighted by Crippen LogP contribution is -2.39. The molecule has 38 heavy (non-hydrogen) atoms. The van der Waals surface area contributed by atoms with E-state index in [1.165, 1.54) is 13.8 Å². The Bertz CT molecular complexity index is 1260. The number of nitrogens with zero attached hydrogens (tertiary/aromatic N) is 3. The normalized spacial score (nSPS) is 18.3. The Kier molecular flexibility index (Phi) is 9.35. The standard InChI is InChI=1S/C33H43N3O2/c1-18(2)24-13-11-14-25(19(3)4)32(24)34-28-17-29(31(23(10)38)36-30(28)22(9)37)35-33-26(20(5)6)15-12-16-27(33)21(7)8/h11-16,18-21,30H,17H2,1-10H3. The fourth-order valence-electron chi connectivity index (χ4n) is 5.00. The Morgan fingerprint density at radius 1 is 0.711 bits per heavy atom. The quantitative estimate of drug-likeness (QED) is 0.355. The SMILES string of the molecule is CC(=O)C1=NC(C(C)=O)C(=Nc2c(C(C)C)cccc2C(C)C)CC1=Nc1c(C(C)C)cccc1C(C)C. The van der Waals surface area contributed by atoms with Crippen molar-refractivity contribution in [3.8, 4) is 0 Å². The highest BCUT2D eigenvalue weighted by atomic mass is 16.1. The molecule has 5 heteroatoms. The van der Waals surface area contributed by atoms with Crippen LogP contribution in [0, 0.1) is 0 Å². The van der Waals surface area contributed by atoms with Crippen molar-refractivity contribution in [2.75, 3.05) is 0 Å². The number of hydrogen-bond acceptors (Lipinski definition) is 5. The van der Waals surface area contributed by atoms with Crippen molar-refractivity contribution in [3.05, 3.63) is 58.7 Å². The highest BCUT2D eigenvalue weighted by Crippen LogP contribution is 2.37. The minimum absolute atomic E-state index is 0.125. The molecule has 1 aliphatic heterocycles. The molecule has 1 heterocycles. The molecule has 0 fully saturated rings. The summed E-state index contributed by atoms with van der Waals surface area (Å²) in [6.07, 6.45) is 0.302. The molecule has 1 aliphatic rings. The van der Waals surface area contributed by atoms with Gasteiger partial charge in [-0.3, -0.25) is 24.6 Å². The van der Waals surface area contributed by atoms with Gasteiger partial charge < -0.3 is 0 Å². The summed E-state index contributed by atoms with van der Waals surface area (Å²) in [5.41, 5.74) is 7.84. The van der Waals surface area contributed by atoms with Gasteiger partial charge in [-0.05, 0) is 52.8 Å². The van der Waals surface area contributed by atoms with Crippen molar-refractivity contribution in [1.82, 2.24) is 0 Å². The highest BCUT2D eigenvalue weighted by Gasteiger charge is 2.32. The second kappa shape index (κ2) is 12.1. The van der Waals surface area contributed by atoms with Crippen LogP contribution in [0.1, 0.15) is 122 Å². The second-order valence-corrected chi connectivity index (χ2v) is 11.6. The van der Waals surface area contributed by atoms with Crippen molar-refractivity contribution in [2.45, 2.75) is 105 Å². The van der Waals surface area contributed by atoms with Crippen LogP contribution < -0.4 is 0 Å². The van der Waals surface area contributed by atoms with E-state index in [0.717, 1.165) is 33.6 Å². The maximum Gasteiger partial charge on any atom is 0.179 e. The number of hydrogen-bond donors (Lipinski definition) is 0. The summed E-state index contributed by atoms with van der Waals surface area (Å²) >= 11 is 0. The number of carbonyl (C=O) groups excluding carboxylic acids is 2. The van der Waals surface area contributed by atoms with Gasteiger partial charge in [0.25, 0.3) is 0 Å². The Labute approximate surface area is 228 Å². The lowest BCUT2D eigenvalue weighted by atomic mass is 9.90. The monoisotopic (exact) mass is 513 g/mol. The summed E-state index contributed by atoms with van der Waals surface area (Å²) in [5.74, 6) is 0.748. The highest BCUT2D eigenvalue weighted by molar-refractivity contribution is 6.69. The van der Waals surface area contributed by atoms with E-state index in [1.807, 2.05) is 0 Å². The summed E-state index contributed by atoms with van der Waals surface area (Å²) in [6, 6.07) is 11.8. The molecule has 5 nitrogen and oxygen atoms in total.